The molecule has 2 aliphatic rings. The van der Waals surface area contributed by atoms with Crippen molar-refractivity contribution in [2.75, 3.05) is 18.1 Å². The molecule has 1 spiro atoms. The molecule has 0 saturated carbocycles. The maximum atomic E-state index is 6.16. The highest BCUT2D eigenvalue weighted by Gasteiger charge is 2.41. The maximum absolute atomic E-state index is 6.16. The van der Waals surface area contributed by atoms with Crippen LogP contribution in [0.4, 0.5) is 0 Å². The molecule has 2 aliphatic heterocycles. The van der Waals surface area contributed by atoms with E-state index in [1.54, 1.807) is 6.26 Å². The van der Waals surface area contributed by atoms with E-state index in [2.05, 4.69) is 21.4 Å². The molecule has 112 valence electrons. The van der Waals surface area contributed by atoms with Crippen LogP contribution < -0.4 is 11.3 Å². The molecule has 0 radical (unpaired) electrons. The summed E-state index contributed by atoms with van der Waals surface area (Å²) < 4.78 is 12.3. The Morgan fingerprint density at radius 2 is 2.25 bits per heavy atom. The van der Waals surface area contributed by atoms with E-state index in [0.29, 0.717) is 5.92 Å². The summed E-state index contributed by atoms with van der Waals surface area (Å²) in [6.07, 6.45) is 6.16. The van der Waals surface area contributed by atoms with Gasteiger partial charge in [-0.25, -0.2) is 0 Å². The van der Waals surface area contributed by atoms with Crippen LogP contribution in [0.3, 0.4) is 0 Å². The van der Waals surface area contributed by atoms with E-state index in [0.717, 1.165) is 42.5 Å². The standard InChI is InChI=1S/C14H21BrN2O2S/c15-13-11(2-5-18-13)12(17-16)10-1-6-19-14(9-10)3-7-20-8-4-14/h2,5,10,12,17H,1,3-4,6-9,16H2. The molecule has 0 bridgehead atoms. The van der Waals surface area contributed by atoms with Crippen LogP contribution in [-0.2, 0) is 4.74 Å². The molecule has 2 fully saturated rings. The highest BCUT2D eigenvalue weighted by atomic mass is 79.9. The fourth-order valence-electron chi connectivity index (χ4n) is 3.45. The van der Waals surface area contributed by atoms with Gasteiger partial charge in [0.15, 0.2) is 4.67 Å². The van der Waals surface area contributed by atoms with Crippen LogP contribution in [0.5, 0.6) is 0 Å². The van der Waals surface area contributed by atoms with Crippen LogP contribution in [0.25, 0.3) is 0 Å². The Hall–Kier alpha value is -0.0100. The molecule has 1 aromatic heterocycles. The van der Waals surface area contributed by atoms with Gasteiger partial charge in [-0.2, -0.15) is 11.8 Å². The first-order chi connectivity index (χ1) is 9.74. The van der Waals surface area contributed by atoms with Gasteiger partial charge >= 0.3 is 0 Å². The number of hydrogen-bond donors (Lipinski definition) is 2. The van der Waals surface area contributed by atoms with E-state index in [-0.39, 0.29) is 11.6 Å². The number of ether oxygens (including phenoxy) is 1. The van der Waals surface area contributed by atoms with Crippen molar-refractivity contribution in [3.63, 3.8) is 0 Å². The Bertz CT molecular complexity index is 443. The second-order valence-corrected chi connectivity index (χ2v) is 7.64. The smallest absolute Gasteiger partial charge is 0.173 e. The number of hydrazine groups is 1. The number of hydrogen-bond acceptors (Lipinski definition) is 5. The fraction of sp³-hybridized carbons (Fsp3) is 0.714. The Morgan fingerprint density at radius 3 is 2.90 bits per heavy atom. The molecule has 0 aliphatic carbocycles. The quantitative estimate of drug-likeness (QED) is 0.639. The molecule has 4 nitrogen and oxygen atoms in total. The normalized spacial score (nSPS) is 27.6. The molecule has 2 unspecified atom stereocenters. The van der Waals surface area contributed by atoms with Crippen molar-refractivity contribution < 1.29 is 9.15 Å². The van der Waals surface area contributed by atoms with Gasteiger partial charge in [0.1, 0.15) is 0 Å². The van der Waals surface area contributed by atoms with E-state index in [9.17, 15) is 0 Å². The van der Waals surface area contributed by atoms with E-state index >= 15 is 0 Å². The molecule has 2 saturated heterocycles. The summed E-state index contributed by atoms with van der Waals surface area (Å²) in [6, 6.07) is 2.12. The second-order valence-electron chi connectivity index (χ2n) is 5.69. The number of rotatable bonds is 3. The monoisotopic (exact) mass is 360 g/mol. The third-order valence-corrected chi connectivity index (χ3v) is 6.20. The molecule has 3 rings (SSSR count). The molecule has 20 heavy (non-hydrogen) atoms. The average Bonchev–Trinajstić information content (AvgIpc) is 2.87. The lowest BCUT2D eigenvalue weighted by Crippen LogP contribution is -2.46. The molecule has 6 heteroatoms. The minimum Gasteiger partial charge on any atom is -0.457 e. The number of nitrogens with two attached hydrogens (primary N) is 1. The molecule has 3 heterocycles. The van der Waals surface area contributed by atoms with Crippen molar-refractivity contribution in [1.29, 1.82) is 0 Å². The summed E-state index contributed by atoms with van der Waals surface area (Å²) in [6.45, 7) is 0.836. The third-order valence-electron chi connectivity index (χ3n) is 4.57. The molecule has 2 atom stereocenters. The largest absolute Gasteiger partial charge is 0.457 e. The predicted molar refractivity (Wildman–Crippen MR) is 84.4 cm³/mol. The van der Waals surface area contributed by atoms with Crippen molar-refractivity contribution in [2.24, 2.45) is 11.8 Å². The maximum Gasteiger partial charge on any atom is 0.173 e. The van der Waals surface area contributed by atoms with Gasteiger partial charge < -0.3 is 9.15 Å². The van der Waals surface area contributed by atoms with Gasteiger partial charge in [0.2, 0.25) is 0 Å². The van der Waals surface area contributed by atoms with Crippen LogP contribution in [0.1, 0.15) is 37.3 Å². The van der Waals surface area contributed by atoms with E-state index < -0.39 is 0 Å². The lowest BCUT2D eigenvalue weighted by molar-refractivity contribution is -0.107. The zero-order valence-electron chi connectivity index (χ0n) is 11.4. The highest BCUT2D eigenvalue weighted by Crippen LogP contribution is 2.44. The van der Waals surface area contributed by atoms with Gasteiger partial charge in [-0.05, 0) is 65.1 Å². The van der Waals surface area contributed by atoms with Crippen LogP contribution in [0.2, 0.25) is 0 Å². The molecule has 0 aromatic carbocycles. The van der Waals surface area contributed by atoms with E-state index in [1.165, 1.54) is 11.5 Å². The summed E-state index contributed by atoms with van der Waals surface area (Å²) in [5.41, 5.74) is 4.18. The van der Waals surface area contributed by atoms with E-state index in [1.807, 2.05) is 17.8 Å². The number of nitrogens with one attached hydrogen (secondary N) is 1. The third kappa shape index (κ3) is 2.95. The zero-order chi connectivity index (χ0) is 14.0. The summed E-state index contributed by atoms with van der Waals surface area (Å²) in [5, 5.41) is 0. The minimum absolute atomic E-state index is 0.0828. The number of furan rings is 1. The minimum atomic E-state index is 0.0828. The molecule has 0 amide bonds. The second kappa shape index (κ2) is 6.40. The van der Waals surface area contributed by atoms with Gasteiger partial charge in [0.25, 0.3) is 0 Å². The van der Waals surface area contributed by atoms with Crippen LogP contribution in [0.15, 0.2) is 21.4 Å². The van der Waals surface area contributed by atoms with Crippen molar-refractivity contribution in [1.82, 2.24) is 5.43 Å². The SMILES string of the molecule is NNC(c1ccoc1Br)C1CCOC2(CCSCC2)C1. The lowest BCUT2D eigenvalue weighted by Gasteiger charge is -2.45. The fourth-order valence-corrected chi connectivity index (χ4v) is 5.17. The first kappa shape index (κ1) is 14.9. The Kier molecular flexibility index (Phi) is 4.77. The Labute approximate surface area is 132 Å². The van der Waals surface area contributed by atoms with Crippen LogP contribution >= 0.6 is 27.7 Å². The zero-order valence-corrected chi connectivity index (χ0v) is 13.8. The predicted octanol–water partition coefficient (Wildman–Crippen LogP) is 3.24. The van der Waals surface area contributed by atoms with Gasteiger partial charge in [-0.3, -0.25) is 11.3 Å². The number of thioether (sulfide) groups is 1. The molecular weight excluding hydrogens is 340 g/mol. The molecule has 3 N–H and O–H groups in total. The summed E-state index contributed by atoms with van der Waals surface area (Å²) in [7, 11) is 0. The summed E-state index contributed by atoms with van der Waals surface area (Å²) >= 11 is 5.50. The van der Waals surface area contributed by atoms with E-state index in [4.69, 9.17) is 15.0 Å². The van der Waals surface area contributed by atoms with Gasteiger partial charge in [-0.1, -0.05) is 0 Å². The molecule has 1 aromatic rings. The summed E-state index contributed by atoms with van der Waals surface area (Å²) in [4.78, 5) is 0. The Balaban J connectivity index is 1.76. The van der Waals surface area contributed by atoms with Crippen molar-refractivity contribution in [2.45, 2.75) is 37.3 Å². The van der Waals surface area contributed by atoms with Crippen molar-refractivity contribution in [3.05, 3.63) is 22.6 Å². The average molecular weight is 361 g/mol. The van der Waals surface area contributed by atoms with Gasteiger partial charge in [0.05, 0.1) is 17.9 Å². The summed E-state index contributed by atoms with van der Waals surface area (Å²) in [5.74, 6) is 8.74. The van der Waals surface area contributed by atoms with Gasteiger partial charge in [-0.15, -0.1) is 0 Å². The number of halogens is 1. The first-order valence-electron chi connectivity index (χ1n) is 7.15. The van der Waals surface area contributed by atoms with Crippen LogP contribution in [0, 0.1) is 5.92 Å². The lowest BCUT2D eigenvalue weighted by atomic mass is 9.77. The van der Waals surface area contributed by atoms with Crippen molar-refractivity contribution >= 4 is 27.7 Å². The topological polar surface area (TPSA) is 60.4 Å². The first-order valence-corrected chi connectivity index (χ1v) is 9.10. The highest BCUT2D eigenvalue weighted by molar-refractivity contribution is 9.10. The van der Waals surface area contributed by atoms with Crippen molar-refractivity contribution in [3.8, 4) is 0 Å². The Morgan fingerprint density at radius 1 is 1.45 bits per heavy atom. The van der Waals surface area contributed by atoms with Gasteiger partial charge in [0, 0.05) is 12.2 Å². The molecular formula is C14H21BrN2O2S. The van der Waals surface area contributed by atoms with Crippen LogP contribution in [-0.4, -0.2) is 23.7 Å².